The molecule has 0 saturated carbocycles. The second-order valence-electron chi connectivity index (χ2n) is 7.62. The smallest absolute Gasteiger partial charge is 0.326 e. The Kier molecular flexibility index (Phi) is 10.5. The molecule has 2 rings (SSSR count). The molecule has 0 radical (unpaired) electrons. The number of aromatic nitrogens is 1. The van der Waals surface area contributed by atoms with E-state index in [1.165, 1.54) is 12.7 Å². The monoisotopic (exact) mass is 424 g/mol. The number of amides is 1. The summed E-state index contributed by atoms with van der Waals surface area (Å²) in [6, 6.07) is 3.24. The number of carboxylic acids is 1. The molecule has 168 valence electrons. The van der Waals surface area contributed by atoms with E-state index in [1.807, 2.05) is 4.90 Å². The number of nitrogens with one attached hydrogen (secondary N) is 2. The molecular formula is C21H33FN4O4. The van der Waals surface area contributed by atoms with Crippen molar-refractivity contribution in [2.45, 2.75) is 50.7 Å². The van der Waals surface area contributed by atoms with E-state index in [9.17, 15) is 14.0 Å². The summed E-state index contributed by atoms with van der Waals surface area (Å²) in [6.45, 7) is 2.14. The molecule has 9 heteroatoms. The molecule has 0 aliphatic carbocycles. The summed E-state index contributed by atoms with van der Waals surface area (Å²) in [4.78, 5) is 28.4. The summed E-state index contributed by atoms with van der Waals surface area (Å²) in [5.41, 5.74) is 2.30. The van der Waals surface area contributed by atoms with Crippen molar-refractivity contribution in [1.82, 2.24) is 15.2 Å². The first kappa shape index (κ1) is 24.0. The van der Waals surface area contributed by atoms with Crippen LogP contribution in [0.15, 0.2) is 12.1 Å². The maximum absolute atomic E-state index is 14.0. The maximum Gasteiger partial charge on any atom is 0.326 e. The van der Waals surface area contributed by atoms with E-state index in [4.69, 9.17) is 14.8 Å². The van der Waals surface area contributed by atoms with Gasteiger partial charge in [0.05, 0.1) is 6.61 Å². The average Bonchev–Trinajstić information content (AvgIpc) is 2.73. The molecule has 1 aromatic rings. The predicted octanol–water partition coefficient (Wildman–Crippen LogP) is 1.64. The largest absolute Gasteiger partial charge is 0.480 e. The van der Waals surface area contributed by atoms with Gasteiger partial charge in [-0.25, -0.2) is 14.2 Å². The molecule has 1 aliphatic rings. The van der Waals surface area contributed by atoms with Crippen LogP contribution in [0.1, 0.15) is 36.9 Å². The lowest BCUT2D eigenvalue weighted by molar-refractivity contribution is -0.140. The lowest BCUT2D eigenvalue weighted by atomic mass is 10.1. The van der Waals surface area contributed by atoms with E-state index in [0.29, 0.717) is 19.5 Å². The van der Waals surface area contributed by atoms with Gasteiger partial charge in [0.2, 0.25) is 6.41 Å². The summed E-state index contributed by atoms with van der Waals surface area (Å²) >= 11 is 0. The summed E-state index contributed by atoms with van der Waals surface area (Å²) < 4.78 is 18.9. The number of hydrogen-bond donors (Lipinski definition) is 3. The van der Waals surface area contributed by atoms with Crippen LogP contribution in [0.2, 0.25) is 0 Å². The molecule has 2 unspecified atom stereocenters. The first-order chi connectivity index (χ1) is 14.5. The van der Waals surface area contributed by atoms with Crippen LogP contribution >= 0.6 is 0 Å². The first-order valence-corrected chi connectivity index (χ1v) is 10.5. The van der Waals surface area contributed by atoms with E-state index in [-0.39, 0.29) is 19.6 Å². The molecule has 1 amide bonds. The summed E-state index contributed by atoms with van der Waals surface area (Å²) in [5.74, 6) is -0.106. The molecule has 30 heavy (non-hydrogen) atoms. The number of aliphatic carboxylic acids is 1. The van der Waals surface area contributed by atoms with Gasteiger partial charge < -0.3 is 25.4 Å². The van der Waals surface area contributed by atoms with Crippen molar-refractivity contribution in [3.05, 3.63) is 23.4 Å². The maximum atomic E-state index is 14.0. The van der Waals surface area contributed by atoms with Gasteiger partial charge in [-0.3, -0.25) is 4.79 Å². The quantitative estimate of drug-likeness (QED) is 0.290. The molecule has 1 aliphatic heterocycles. The number of alkyl halides is 1. The van der Waals surface area contributed by atoms with Crippen LogP contribution in [0.3, 0.4) is 0 Å². The Labute approximate surface area is 177 Å². The number of pyridine rings is 1. The standard InChI is InChI=1S/C21H33FN4O4/c1-30-14-17(22)13-26(12-9-19(21(28)29)24-15-27)11-3-2-6-18-8-7-16-5-4-10-23-20(16)25-18/h7-8,15,17,19H,2-6,9-14H2,1H3,(H,23,25)(H,24,27)(H,28,29). The first-order valence-electron chi connectivity index (χ1n) is 10.5. The zero-order chi connectivity index (χ0) is 21.8. The second kappa shape index (κ2) is 13.1. The molecule has 0 spiro atoms. The van der Waals surface area contributed by atoms with Crippen LogP contribution in [-0.4, -0.2) is 79.5 Å². The highest BCUT2D eigenvalue weighted by Gasteiger charge is 2.19. The third-order valence-corrected chi connectivity index (χ3v) is 5.21. The zero-order valence-corrected chi connectivity index (χ0v) is 17.6. The van der Waals surface area contributed by atoms with E-state index in [1.54, 1.807) is 0 Å². The van der Waals surface area contributed by atoms with E-state index in [2.05, 4.69) is 22.8 Å². The van der Waals surface area contributed by atoms with Gasteiger partial charge in [0, 0.05) is 32.4 Å². The minimum Gasteiger partial charge on any atom is -0.480 e. The summed E-state index contributed by atoms with van der Waals surface area (Å²) in [5, 5.41) is 14.8. The van der Waals surface area contributed by atoms with Crippen LogP contribution in [0.4, 0.5) is 10.2 Å². The molecule has 0 aromatic carbocycles. The molecule has 3 N–H and O–H groups in total. The Morgan fingerprint density at radius 3 is 3.00 bits per heavy atom. The molecule has 1 aromatic heterocycles. The molecule has 2 heterocycles. The highest BCUT2D eigenvalue weighted by Crippen LogP contribution is 2.20. The lowest BCUT2D eigenvalue weighted by Gasteiger charge is -2.25. The van der Waals surface area contributed by atoms with Gasteiger partial charge in [-0.2, -0.15) is 0 Å². The number of carbonyl (C=O) groups excluding carboxylic acids is 1. The van der Waals surface area contributed by atoms with Crippen molar-refractivity contribution in [3.63, 3.8) is 0 Å². The van der Waals surface area contributed by atoms with E-state index < -0.39 is 18.2 Å². The van der Waals surface area contributed by atoms with Crippen LogP contribution in [-0.2, 0) is 27.2 Å². The number of halogens is 1. The lowest BCUT2D eigenvalue weighted by Crippen LogP contribution is -2.41. The van der Waals surface area contributed by atoms with Gasteiger partial charge in [-0.15, -0.1) is 0 Å². The fourth-order valence-corrected chi connectivity index (χ4v) is 3.63. The van der Waals surface area contributed by atoms with Gasteiger partial charge in [0.15, 0.2) is 0 Å². The molecular weight excluding hydrogens is 391 g/mol. The minimum absolute atomic E-state index is 0.00249. The Bertz CT molecular complexity index is 676. The number of carboxylic acid groups (broad SMARTS) is 1. The molecule has 0 fully saturated rings. The predicted molar refractivity (Wildman–Crippen MR) is 112 cm³/mol. The number of methoxy groups -OCH3 is 1. The van der Waals surface area contributed by atoms with Gasteiger partial charge in [-0.1, -0.05) is 6.07 Å². The second-order valence-corrected chi connectivity index (χ2v) is 7.62. The van der Waals surface area contributed by atoms with Crippen LogP contribution in [0, 0.1) is 0 Å². The molecule has 8 nitrogen and oxygen atoms in total. The van der Waals surface area contributed by atoms with Gasteiger partial charge in [0.1, 0.15) is 18.0 Å². The SMILES string of the molecule is COCC(F)CN(CCCCc1ccc2c(n1)NCCC2)CCC(NC=O)C(=O)O. The van der Waals surface area contributed by atoms with E-state index >= 15 is 0 Å². The number of aryl methyl sites for hydroxylation is 2. The highest BCUT2D eigenvalue weighted by molar-refractivity contribution is 5.76. The number of rotatable bonds is 15. The third kappa shape index (κ3) is 8.23. The number of fused-ring (bicyclic) bond motifs is 1. The molecule has 0 saturated heterocycles. The van der Waals surface area contributed by atoms with Crippen LogP contribution < -0.4 is 10.6 Å². The Hall–Kier alpha value is -2.26. The fourth-order valence-electron chi connectivity index (χ4n) is 3.63. The molecule has 0 bridgehead atoms. The summed E-state index contributed by atoms with van der Waals surface area (Å²) in [7, 11) is 1.45. The van der Waals surface area contributed by atoms with Crippen molar-refractivity contribution in [2.24, 2.45) is 0 Å². The average molecular weight is 425 g/mol. The van der Waals surface area contributed by atoms with Crippen molar-refractivity contribution >= 4 is 18.2 Å². The molecule has 2 atom stereocenters. The Balaban J connectivity index is 1.82. The van der Waals surface area contributed by atoms with Gasteiger partial charge in [-0.05, 0) is 56.7 Å². The number of hydrogen-bond acceptors (Lipinski definition) is 6. The van der Waals surface area contributed by atoms with Gasteiger partial charge in [0.25, 0.3) is 0 Å². The van der Waals surface area contributed by atoms with E-state index in [0.717, 1.165) is 50.2 Å². The summed E-state index contributed by atoms with van der Waals surface area (Å²) in [6.07, 6.45) is 4.22. The van der Waals surface area contributed by atoms with Crippen molar-refractivity contribution in [1.29, 1.82) is 0 Å². The highest BCUT2D eigenvalue weighted by atomic mass is 19.1. The Morgan fingerprint density at radius 2 is 2.27 bits per heavy atom. The fraction of sp³-hybridized carbons (Fsp3) is 0.667. The third-order valence-electron chi connectivity index (χ3n) is 5.21. The minimum atomic E-state index is -1.15. The number of anilines is 1. The Morgan fingerprint density at radius 1 is 1.43 bits per heavy atom. The zero-order valence-electron chi connectivity index (χ0n) is 17.6. The van der Waals surface area contributed by atoms with Crippen LogP contribution in [0.25, 0.3) is 0 Å². The number of nitrogens with zero attached hydrogens (tertiary/aromatic N) is 2. The van der Waals surface area contributed by atoms with Crippen molar-refractivity contribution in [2.75, 3.05) is 45.2 Å². The van der Waals surface area contributed by atoms with Gasteiger partial charge >= 0.3 is 5.97 Å². The number of unbranched alkanes of at least 4 members (excludes halogenated alkanes) is 1. The van der Waals surface area contributed by atoms with Crippen molar-refractivity contribution in [3.8, 4) is 0 Å². The number of carbonyl (C=O) groups is 2. The number of ether oxygens (including phenoxy) is 1. The van der Waals surface area contributed by atoms with Crippen LogP contribution in [0.5, 0.6) is 0 Å². The normalized spacial score (nSPS) is 15.2. The van der Waals surface area contributed by atoms with Crippen molar-refractivity contribution < 1.29 is 23.8 Å². The topological polar surface area (TPSA) is 104 Å².